The molecule has 0 saturated carbocycles. The molecule has 0 aliphatic carbocycles. The number of hydrogen-bond donors (Lipinski definition) is 0. The largest absolute Gasteiger partial charge is 0.378 e. The molecule has 0 aromatic heterocycles. The van der Waals surface area contributed by atoms with Crippen LogP contribution in [0.4, 0.5) is 0 Å². The molecule has 0 radical (unpaired) electrons. The van der Waals surface area contributed by atoms with Crippen LogP contribution < -0.4 is 0 Å². The zero-order valence-electron chi connectivity index (χ0n) is 7.47. The standard InChI is InChI=1S/C9H17NO/c1-9(2)4-3-8-7-11-6-5-10(8)9/h8H,3-7H2,1-2H3. The number of morpholine rings is 1. The minimum Gasteiger partial charge on any atom is -0.378 e. The first-order valence-corrected chi connectivity index (χ1v) is 4.55. The maximum Gasteiger partial charge on any atom is 0.0622 e. The molecule has 2 heteroatoms. The van der Waals surface area contributed by atoms with Crippen molar-refractivity contribution in [2.24, 2.45) is 0 Å². The summed E-state index contributed by atoms with van der Waals surface area (Å²) in [5, 5.41) is 0. The zero-order chi connectivity index (χ0) is 7.90. The van der Waals surface area contributed by atoms with Crippen molar-refractivity contribution < 1.29 is 4.74 Å². The van der Waals surface area contributed by atoms with E-state index in [4.69, 9.17) is 4.74 Å². The van der Waals surface area contributed by atoms with Crippen LogP contribution in [0.3, 0.4) is 0 Å². The van der Waals surface area contributed by atoms with Gasteiger partial charge in [-0.3, -0.25) is 4.90 Å². The Labute approximate surface area is 68.5 Å². The molecule has 2 saturated heterocycles. The van der Waals surface area contributed by atoms with Gasteiger partial charge in [-0.1, -0.05) is 0 Å². The molecule has 11 heavy (non-hydrogen) atoms. The van der Waals surface area contributed by atoms with Gasteiger partial charge in [-0.05, 0) is 26.7 Å². The van der Waals surface area contributed by atoms with Crippen LogP contribution in [0.1, 0.15) is 26.7 Å². The van der Waals surface area contributed by atoms with Gasteiger partial charge >= 0.3 is 0 Å². The van der Waals surface area contributed by atoms with E-state index < -0.39 is 0 Å². The van der Waals surface area contributed by atoms with Gasteiger partial charge in [-0.2, -0.15) is 0 Å². The lowest BCUT2D eigenvalue weighted by Crippen LogP contribution is -2.49. The van der Waals surface area contributed by atoms with E-state index in [1.165, 1.54) is 12.8 Å². The monoisotopic (exact) mass is 155 g/mol. The summed E-state index contributed by atoms with van der Waals surface area (Å²) < 4.78 is 5.44. The highest BCUT2D eigenvalue weighted by atomic mass is 16.5. The van der Waals surface area contributed by atoms with Gasteiger partial charge in [-0.25, -0.2) is 0 Å². The van der Waals surface area contributed by atoms with E-state index in [-0.39, 0.29) is 0 Å². The lowest BCUT2D eigenvalue weighted by atomic mass is 10.0. The third kappa shape index (κ3) is 1.18. The first-order valence-electron chi connectivity index (χ1n) is 4.55. The molecule has 0 aromatic carbocycles. The highest BCUT2D eigenvalue weighted by Crippen LogP contribution is 2.34. The minimum absolute atomic E-state index is 0.439. The van der Waals surface area contributed by atoms with Crippen LogP contribution >= 0.6 is 0 Å². The minimum atomic E-state index is 0.439. The highest BCUT2D eigenvalue weighted by Gasteiger charge is 2.40. The molecule has 2 heterocycles. The summed E-state index contributed by atoms with van der Waals surface area (Å²) in [5.41, 5.74) is 0.439. The van der Waals surface area contributed by atoms with E-state index in [1.807, 2.05) is 0 Å². The molecule has 2 rings (SSSR count). The summed E-state index contributed by atoms with van der Waals surface area (Å²) in [5.74, 6) is 0. The second kappa shape index (κ2) is 2.46. The third-order valence-corrected chi connectivity index (χ3v) is 3.09. The predicted octanol–water partition coefficient (Wildman–Crippen LogP) is 1.26. The summed E-state index contributed by atoms with van der Waals surface area (Å²) in [7, 11) is 0. The maximum atomic E-state index is 5.44. The van der Waals surface area contributed by atoms with Crippen LogP contribution in [-0.2, 0) is 4.74 Å². The van der Waals surface area contributed by atoms with Gasteiger partial charge in [0, 0.05) is 18.1 Å². The smallest absolute Gasteiger partial charge is 0.0622 e. The first-order chi connectivity index (χ1) is 5.20. The van der Waals surface area contributed by atoms with Crippen molar-refractivity contribution in [2.75, 3.05) is 19.8 Å². The molecule has 0 bridgehead atoms. The molecule has 0 N–H and O–H groups in total. The SMILES string of the molecule is CC1(C)CCC2COCCN21. The summed E-state index contributed by atoms with van der Waals surface area (Å²) in [4.78, 5) is 2.61. The summed E-state index contributed by atoms with van der Waals surface area (Å²) in [6.07, 6.45) is 2.66. The molecular formula is C9H17NO. The van der Waals surface area contributed by atoms with Crippen LogP contribution in [0, 0.1) is 0 Å². The average molecular weight is 155 g/mol. The molecule has 0 spiro atoms. The molecule has 2 nitrogen and oxygen atoms in total. The van der Waals surface area contributed by atoms with Gasteiger partial charge in [0.25, 0.3) is 0 Å². The molecule has 2 fully saturated rings. The van der Waals surface area contributed by atoms with Gasteiger partial charge < -0.3 is 4.74 Å². The third-order valence-electron chi connectivity index (χ3n) is 3.09. The Kier molecular flexibility index (Phi) is 1.69. The number of ether oxygens (including phenoxy) is 1. The molecule has 1 atom stereocenters. The lowest BCUT2D eigenvalue weighted by Gasteiger charge is -2.38. The van der Waals surface area contributed by atoms with E-state index in [9.17, 15) is 0 Å². The fraction of sp³-hybridized carbons (Fsp3) is 1.00. The Morgan fingerprint density at radius 1 is 1.45 bits per heavy atom. The van der Waals surface area contributed by atoms with Gasteiger partial charge in [0.05, 0.1) is 13.2 Å². The second-order valence-electron chi connectivity index (χ2n) is 4.27. The summed E-state index contributed by atoms with van der Waals surface area (Å²) >= 11 is 0. The van der Waals surface area contributed by atoms with Crippen molar-refractivity contribution in [3.05, 3.63) is 0 Å². The van der Waals surface area contributed by atoms with Gasteiger partial charge in [0.2, 0.25) is 0 Å². The van der Waals surface area contributed by atoms with Crippen molar-refractivity contribution >= 4 is 0 Å². The number of nitrogens with zero attached hydrogens (tertiary/aromatic N) is 1. The average Bonchev–Trinajstić information content (AvgIpc) is 2.29. The molecule has 2 aliphatic rings. The van der Waals surface area contributed by atoms with Crippen LogP contribution in [0.2, 0.25) is 0 Å². The topological polar surface area (TPSA) is 12.5 Å². The maximum absolute atomic E-state index is 5.44. The second-order valence-corrected chi connectivity index (χ2v) is 4.27. The number of hydrogen-bond acceptors (Lipinski definition) is 2. The van der Waals surface area contributed by atoms with E-state index in [2.05, 4.69) is 18.7 Å². The van der Waals surface area contributed by atoms with Crippen molar-refractivity contribution in [1.82, 2.24) is 4.90 Å². The summed E-state index contributed by atoms with van der Waals surface area (Å²) in [6.45, 7) is 7.72. The number of rotatable bonds is 0. The van der Waals surface area contributed by atoms with Gasteiger partial charge in [0.1, 0.15) is 0 Å². The van der Waals surface area contributed by atoms with Crippen LogP contribution in [-0.4, -0.2) is 36.2 Å². The van der Waals surface area contributed by atoms with Crippen LogP contribution in [0.25, 0.3) is 0 Å². The molecule has 2 aliphatic heterocycles. The Morgan fingerprint density at radius 2 is 2.27 bits per heavy atom. The van der Waals surface area contributed by atoms with E-state index >= 15 is 0 Å². The number of fused-ring (bicyclic) bond motifs is 1. The molecular weight excluding hydrogens is 138 g/mol. The quantitative estimate of drug-likeness (QED) is 0.522. The molecule has 1 unspecified atom stereocenters. The first kappa shape index (κ1) is 7.56. The van der Waals surface area contributed by atoms with Crippen LogP contribution in [0.15, 0.2) is 0 Å². The Hall–Kier alpha value is -0.0800. The van der Waals surface area contributed by atoms with Crippen LogP contribution in [0.5, 0.6) is 0 Å². The van der Waals surface area contributed by atoms with Crippen molar-refractivity contribution in [3.8, 4) is 0 Å². The van der Waals surface area contributed by atoms with E-state index in [0.29, 0.717) is 5.54 Å². The molecule has 0 amide bonds. The molecule has 0 aromatic rings. The molecule has 64 valence electrons. The zero-order valence-corrected chi connectivity index (χ0v) is 7.47. The van der Waals surface area contributed by atoms with Gasteiger partial charge in [0.15, 0.2) is 0 Å². The Balaban J connectivity index is 2.10. The normalized spacial score (nSPS) is 37.1. The summed E-state index contributed by atoms with van der Waals surface area (Å²) in [6, 6.07) is 0.721. The van der Waals surface area contributed by atoms with Crippen molar-refractivity contribution in [1.29, 1.82) is 0 Å². The lowest BCUT2D eigenvalue weighted by molar-refractivity contribution is -0.0217. The Morgan fingerprint density at radius 3 is 3.00 bits per heavy atom. The van der Waals surface area contributed by atoms with Crippen molar-refractivity contribution in [2.45, 2.75) is 38.3 Å². The van der Waals surface area contributed by atoms with Gasteiger partial charge in [-0.15, -0.1) is 0 Å². The van der Waals surface area contributed by atoms with Crippen molar-refractivity contribution in [3.63, 3.8) is 0 Å². The van der Waals surface area contributed by atoms with E-state index in [1.54, 1.807) is 0 Å². The van der Waals surface area contributed by atoms with E-state index in [0.717, 1.165) is 25.8 Å². The predicted molar refractivity (Wildman–Crippen MR) is 44.6 cm³/mol. The fourth-order valence-electron chi connectivity index (χ4n) is 2.35. The Bertz CT molecular complexity index is 156. The fourth-order valence-corrected chi connectivity index (χ4v) is 2.35. The highest BCUT2D eigenvalue weighted by molar-refractivity contribution is 4.95.